The monoisotopic (exact) mass is 843 g/mol. The number of anilines is 3. The summed E-state index contributed by atoms with van der Waals surface area (Å²) in [6.45, 7) is 0. The van der Waals surface area contributed by atoms with Gasteiger partial charge in [0.1, 0.15) is 5.82 Å². The highest BCUT2D eigenvalue weighted by Crippen LogP contribution is 2.47. The van der Waals surface area contributed by atoms with Gasteiger partial charge in [-0.2, -0.15) is 0 Å². The summed E-state index contributed by atoms with van der Waals surface area (Å²) in [7, 11) is 0. The molecule has 1 nitrogen and oxygen atoms in total. The van der Waals surface area contributed by atoms with Gasteiger partial charge in [0.25, 0.3) is 0 Å². The molecule has 0 fully saturated rings. The highest BCUT2D eigenvalue weighted by atomic mass is 19.1. The van der Waals surface area contributed by atoms with Crippen LogP contribution in [-0.4, -0.2) is 0 Å². The van der Waals surface area contributed by atoms with E-state index in [1.165, 1.54) is 99.4 Å². The van der Waals surface area contributed by atoms with Gasteiger partial charge in [0, 0.05) is 17.1 Å². The normalized spacial score (nSPS) is 11.7. The van der Waals surface area contributed by atoms with Gasteiger partial charge in [-0.15, -0.1) is 0 Å². The molecule has 2 heteroatoms. The molecule has 0 spiro atoms. The van der Waals surface area contributed by atoms with Crippen LogP contribution in [0.25, 0.3) is 99.4 Å². The number of rotatable bonds is 8. The van der Waals surface area contributed by atoms with Crippen LogP contribution < -0.4 is 4.90 Å². The topological polar surface area (TPSA) is 3.24 Å². The second-order valence-electron chi connectivity index (χ2n) is 17.0. The number of halogens is 1. The van der Waals surface area contributed by atoms with Gasteiger partial charge in [0.2, 0.25) is 0 Å². The third kappa shape index (κ3) is 7.06. The van der Waals surface area contributed by atoms with Gasteiger partial charge in [-0.3, -0.25) is 0 Å². The Morgan fingerprint density at radius 2 is 0.727 bits per heavy atom. The van der Waals surface area contributed by atoms with Crippen molar-refractivity contribution in [2.24, 2.45) is 0 Å². The standard InChI is InChI=1S/C64H42FN/c65-51-32-36-54(37-33-51)66(52-14-2-1-3-15-52)53-34-25-43(26-35-53)22-23-44-24-27-48-42-50(31-29-47(48)40-44)63-58-18-8-10-20-60(58)64(61-21-11-9-19-59(61)63)62-39-38-55(56-16-6-7-17-57(56)62)49-30-28-45-12-4-5-13-46(45)41-49/h1-42H. The van der Waals surface area contributed by atoms with Gasteiger partial charge >= 0.3 is 0 Å². The van der Waals surface area contributed by atoms with E-state index < -0.39 is 0 Å². The largest absolute Gasteiger partial charge is 0.311 e. The van der Waals surface area contributed by atoms with E-state index >= 15 is 0 Å². The van der Waals surface area contributed by atoms with E-state index in [-0.39, 0.29) is 5.82 Å². The first-order chi connectivity index (χ1) is 32.6. The summed E-state index contributed by atoms with van der Waals surface area (Å²) in [6, 6.07) is 85.7. The molecule has 0 aliphatic heterocycles. The van der Waals surface area contributed by atoms with Gasteiger partial charge in [0.15, 0.2) is 0 Å². The van der Waals surface area contributed by atoms with Crippen LogP contribution in [0.1, 0.15) is 11.1 Å². The fourth-order valence-electron chi connectivity index (χ4n) is 9.92. The van der Waals surface area contributed by atoms with Crippen LogP contribution in [0.2, 0.25) is 0 Å². The summed E-state index contributed by atoms with van der Waals surface area (Å²) in [5, 5.41) is 12.3. The first kappa shape index (κ1) is 39.0. The number of hydrogen-bond donors (Lipinski definition) is 0. The summed E-state index contributed by atoms with van der Waals surface area (Å²) < 4.78 is 13.9. The van der Waals surface area contributed by atoms with Gasteiger partial charge in [0.05, 0.1) is 0 Å². The Kier molecular flexibility index (Phi) is 9.77. The fourth-order valence-corrected chi connectivity index (χ4v) is 9.92. The lowest BCUT2D eigenvalue weighted by molar-refractivity contribution is 0.628. The van der Waals surface area contributed by atoms with Crippen LogP contribution in [0.3, 0.4) is 0 Å². The molecular formula is C64H42FN. The van der Waals surface area contributed by atoms with E-state index in [1.807, 2.05) is 30.3 Å². The lowest BCUT2D eigenvalue weighted by atomic mass is 9.83. The maximum Gasteiger partial charge on any atom is 0.123 e. The molecule has 12 aromatic carbocycles. The van der Waals surface area contributed by atoms with Crippen LogP contribution in [0.4, 0.5) is 21.5 Å². The quantitative estimate of drug-likeness (QED) is 0.109. The zero-order chi connectivity index (χ0) is 44.0. The van der Waals surface area contributed by atoms with Crippen molar-refractivity contribution >= 4 is 83.1 Å². The molecule has 0 bridgehead atoms. The van der Waals surface area contributed by atoms with Crippen LogP contribution in [0.5, 0.6) is 0 Å². The highest BCUT2D eigenvalue weighted by molar-refractivity contribution is 6.24. The first-order valence-electron chi connectivity index (χ1n) is 22.5. The van der Waals surface area contributed by atoms with Crippen molar-refractivity contribution in [2.45, 2.75) is 0 Å². The van der Waals surface area contributed by atoms with Gasteiger partial charge in [-0.1, -0.05) is 188 Å². The Balaban J connectivity index is 0.891. The fraction of sp³-hybridized carbons (Fsp3) is 0. The molecule has 0 heterocycles. The molecule has 0 aliphatic carbocycles. The molecule has 0 N–H and O–H groups in total. The minimum absolute atomic E-state index is 0.251. The van der Waals surface area contributed by atoms with Crippen molar-refractivity contribution in [1.82, 2.24) is 0 Å². The second-order valence-corrected chi connectivity index (χ2v) is 17.0. The summed E-state index contributed by atoms with van der Waals surface area (Å²) in [5.74, 6) is -0.251. The third-order valence-electron chi connectivity index (χ3n) is 13.1. The van der Waals surface area contributed by atoms with E-state index in [2.05, 4.69) is 217 Å². The predicted molar refractivity (Wildman–Crippen MR) is 280 cm³/mol. The zero-order valence-corrected chi connectivity index (χ0v) is 36.1. The summed E-state index contributed by atoms with van der Waals surface area (Å²) >= 11 is 0. The number of fused-ring (bicyclic) bond motifs is 5. The van der Waals surface area contributed by atoms with Crippen molar-refractivity contribution in [3.8, 4) is 33.4 Å². The number of nitrogens with zero attached hydrogens (tertiary/aromatic N) is 1. The summed E-state index contributed by atoms with van der Waals surface area (Å²) in [6.07, 6.45) is 4.33. The molecule has 0 saturated carbocycles. The molecule has 0 aliphatic rings. The van der Waals surface area contributed by atoms with Crippen LogP contribution in [0.15, 0.2) is 243 Å². The molecule has 0 unspecified atom stereocenters. The van der Waals surface area contributed by atoms with Crippen LogP contribution >= 0.6 is 0 Å². The van der Waals surface area contributed by atoms with Gasteiger partial charge in [-0.05, 0) is 165 Å². The Morgan fingerprint density at radius 3 is 1.42 bits per heavy atom. The molecular weight excluding hydrogens is 802 g/mol. The SMILES string of the molecule is Fc1ccc(N(c2ccccc2)c2ccc(C=Cc3ccc4cc(-c5c6ccccc6c(-c6ccc(-c7ccc8ccccc8c7)c7ccccc67)c6ccccc56)ccc4c3)cc2)cc1. The molecule has 0 radical (unpaired) electrons. The average molecular weight is 844 g/mol. The third-order valence-corrected chi connectivity index (χ3v) is 13.1. The van der Waals surface area contributed by atoms with E-state index in [9.17, 15) is 4.39 Å². The molecule has 66 heavy (non-hydrogen) atoms. The van der Waals surface area contributed by atoms with E-state index in [0.29, 0.717) is 0 Å². The van der Waals surface area contributed by atoms with E-state index in [0.717, 1.165) is 28.2 Å². The molecule has 12 rings (SSSR count). The highest BCUT2D eigenvalue weighted by Gasteiger charge is 2.19. The molecule has 0 amide bonds. The minimum atomic E-state index is -0.251. The smallest absolute Gasteiger partial charge is 0.123 e. The van der Waals surface area contributed by atoms with Crippen LogP contribution in [0, 0.1) is 5.82 Å². The second kappa shape index (κ2) is 16.5. The van der Waals surface area contributed by atoms with Crippen molar-refractivity contribution in [3.63, 3.8) is 0 Å². The van der Waals surface area contributed by atoms with Crippen LogP contribution in [-0.2, 0) is 0 Å². The van der Waals surface area contributed by atoms with Crippen molar-refractivity contribution in [3.05, 3.63) is 260 Å². The molecule has 0 atom stereocenters. The van der Waals surface area contributed by atoms with Crippen molar-refractivity contribution < 1.29 is 4.39 Å². The molecule has 0 saturated heterocycles. The van der Waals surface area contributed by atoms with Gasteiger partial charge in [-0.25, -0.2) is 4.39 Å². The Labute approximate surface area is 383 Å². The Hall–Kier alpha value is -8.59. The lowest BCUT2D eigenvalue weighted by Gasteiger charge is -2.25. The minimum Gasteiger partial charge on any atom is -0.311 e. The van der Waals surface area contributed by atoms with E-state index in [4.69, 9.17) is 0 Å². The number of para-hydroxylation sites is 1. The van der Waals surface area contributed by atoms with Crippen molar-refractivity contribution in [1.29, 1.82) is 0 Å². The summed E-state index contributed by atoms with van der Waals surface area (Å²) in [4.78, 5) is 2.14. The van der Waals surface area contributed by atoms with Crippen molar-refractivity contribution in [2.75, 3.05) is 4.90 Å². The number of benzene rings is 12. The first-order valence-corrected chi connectivity index (χ1v) is 22.5. The molecule has 0 aromatic heterocycles. The molecule has 310 valence electrons. The maximum absolute atomic E-state index is 13.9. The lowest BCUT2D eigenvalue weighted by Crippen LogP contribution is -2.09. The number of hydrogen-bond acceptors (Lipinski definition) is 1. The van der Waals surface area contributed by atoms with E-state index in [1.54, 1.807) is 0 Å². The predicted octanol–water partition coefficient (Wildman–Crippen LogP) is 18.2. The maximum atomic E-state index is 13.9. The Morgan fingerprint density at radius 1 is 0.288 bits per heavy atom. The Bertz CT molecular complexity index is 3760. The average Bonchev–Trinajstić information content (AvgIpc) is 3.38. The van der Waals surface area contributed by atoms with Gasteiger partial charge < -0.3 is 4.90 Å². The summed E-state index contributed by atoms with van der Waals surface area (Å²) in [5.41, 5.74) is 12.6. The zero-order valence-electron chi connectivity index (χ0n) is 36.1. The molecule has 12 aromatic rings.